The summed E-state index contributed by atoms with van der Waals surface area (Å²) in [6, 6.07) is 5.15. The van der Waals surface area contributed by atoms with Gasteiger partial charge < -0.3 is 14.9 Å². The summed E-state index contributed by atoms with van der Waals surface area (Å²) in [6.07, 6.45) is 0.948. The Bertz CT molecular complexity index is 623. The average molecular weight is 359 g/mol. The molecule has 1 N–H and O–H groups in total. The zero-order chi connectivity index (χ0) is 17.2. The van der Waals surface area contributed by atoms with Crippen LogP contribution in [0.15, 0.2) is 18.2 Å². The molecule has 126 valence electrons. The number of nitrogens with zero attached hydrogens (tertiary/aromatic N) is 2. The van der Waals surface area contributed by atoms with Gasteiger partial charge in [-0.1, -0.05) is 29.3 Å². The first-order chi connectivity index (χ1) is 10.7. The molecule has 1 heterocycles. The Morgan fingerprint density at radius 1 is 1.35 bits per heavy atom. The van der Waals surface area contributed by atoms with Gasteiger partial charge in [0.25, 0.3) is 5.91 Å². The summed E-state index contributed by atoms with van der Waals surface area (Å²) < 4.78 is 0. The molecule has 1 aliphatic heterocycles. The number of rotatable bonds is 3. The Labute approximate surface area is 145 Å². The number of halogens is 2. The van der Waals surface area contributed by atoms with Gasteiger partial charge in [-0.15, -0.1) is 0 Å². The third-order valence-electron chi connectivity index (χ3n) is 4.06. The van der Waals surface area contributed by atoms with Gasteiger partial charge in [-0.25, -0.2) is 0 Å². The Morgan fingerprint density at radius 2 is 2.04 bits per heavy atom. The van der Waals surface area contributed by atoms with Gasteiger partial charge in [0, 0.05) is 27.1 Å². The van der Waals surface area contributed by atoms with Crippen molar-refractivity contribution >= 4 is 35.0 Å². The number of carbonyl (C=O) groups is 2. The number of benzene rings is 1. The number of β-amino-alcohol motifs (C(OH)–C–C–N with tert-alkyl or cyclic N) is 1. The van der Waals surface area contributed by atoms with Gasteiger partial charge in [0.1, 0.15) is 0 Å². The van der Waals surface area contributed by atoms with Gasteiger partial charge in [-0.2, -0.15) is 0 Å². The van der Waals surface area contributed by atoms with Crippen molar-refractivity contribution in [1.82, 2.24) is 9.80 Å². The van der Waals surface area contributed by atoms with Gasteiger partial charge >= 0.3 is 0 Å². The smallest absolute Gasteiger partial charge is 0.256 e. The number of carbonyl (C=O) groups excluding carboxylic acids is 2. The largest absolute Gasteiger partial charge is 0.378 e. The molecule has 2 rings (SSSR count). The predicted octanol–water partition coefficient (Wildman–Crippen LogP) is 2.33. The fourth-order valence-electron chi connectivity index (χ4n) is 2.82. The van der Waals surface area contributed by atoms with Crippen molar-refractivity contribution in [2.24, 2.45) is 0 Å². The van der Waals surface area contributed by atoms with E-state index in [1.165, 1.54) is 16.7 Å². The van der Waals surface area contributed by atoms with Crippen molar-refractivity contribution in [3.63, 3.8) is 0 Å². The number of aliphatic hydroxyl groups is 1. The molecule has 1 fully saturated rings. The second kappa shape index (κ2) is 7.07. The Kier molecular flexibility index (Phi) is 5.55. The molecule has 0 aromatic heterocycles. The lowest BCUT2D eigenvalue weighted by molar-refractivity contribution is -0.159. The second-order valence-electron chi connectivity index (χ2n) is 5.99. The number of hydrogen-bond donors (Lipinski definition) is 1. The molecular weight excluding hydrogens is 339 g/mol. The molecule has 23 heavy (non-hydrogen) atoms. The van der Waals surface area contributed by atoms with Gasteiger partial charge in [0.15, 0.2) is 5.60 Å². The summed E-state index contributed by atoms with van der Waals surface area (Å²) in [5.74, 6) is -0.530. The highest BCUT2D eigenvalue weighted by molar-refractivity contribution is 6.42. The molecule has 5 nitrogen and oxygen atoms in total. The topological polar surface area (TPSA) is 60.9 Å². The number of likely N-dealkylation sites (N-methyl/N-ethyl adjacent to an activating group) is 1. The maximum atomic E-state index is 12.6. The van der Waals surface area contributed by atoms with Crippen LogP contribution in [0, 0.1) is 0 Å². The first kappa shape index (κ1) is 18.0. The van der Waals surface area contributed by atoms with Crippen molar-refractivity contribution in [1.29, 1.82) is 0 Å². The van der Waals surface area contributed by atoms with Crippen molar-refractivity contribution in [2.45, 2.75) is 31.9 Å². The van der Waals surface area contributed by atoms with Crippen molar-refractivity contribution in [3.05, 3.63) is 33.8 Å². The predicted molar refractivity (Wildman–Crippen MR) is 89.4 cm³/mol. The summed E-state index contributed by atoms with van der Waals surface area (Å²) in [5, 5.41) is 11.5. The summed E-state index contributed by atoms with van der Waals surface area (Å²) >= 11 is 11.9. The SMILES string of the molecule is CC(=O)N1CCC[C@](O)(C(=O)N(C)Cc2ccc(Cl)c(Cl)c2)C1. The summed E-state index contributed by atoms with van der Waals surface area (Å²) in [6.45, 7) is 2.35. The quantitative estimate of drug-likeness (QED) is 0.901. The van der Waals surface area contributed by atoms with E-state index >= 15 is 0 Å². The molecule has 1 saturated heterocycles. The van der Waals surface area contributed by atoms with E-state index in [4.69, 9.17) is 23.2 Å². The van der Waals surface area contributed by atoms with E-state index in [9.17, 15) is 14.7 Å². The highest BCUT2D eigenvalue weighted by Gasteiger charge is 2.42. The van der Waals surface area contributed by atoms with Gasteiger partial charge in [-0.3, -0.25) is 9.59 Å². The van der Waals surface area contributed by atoms with Crippen LogP contribution in [0.4, 0.5) is 0 Å². The fraction of sp³-hybridized carbons (Fsp3) is 0.500. The lowest BCUT2D eigenvalue weighted by Gasteiger charge is -2.39. The molecule has 0 spiro atoms. The monoisotopic (exact) mass is 358 g/mol. The van der Waals surface area contributed by atoms with Crippen LogP contribution in [0.25, 0.3) is 0 Å². The third-order valence-corrected chi connectivity index (χ3v) is 4.80. The van der Waals surface area contributed by atoms with Gasteiger partial charge in [-0.05, 0) is 30.5 Å². The van der Waals surface area contributed by atoms with Crippen LogP contribution < -0.4 is 0 Å². The maximum absolute atomic E-state index is 12.6. The lowest BCUT2D eigenvalue weighted by atomic mass is 9.91. The van der Waals surface area contributed by atoms with E-state index in [-0.39, 0.29) is 12.5 Å². The minimum absolute atomic E-state index is 0.0346. The van der Waals surface area contributed by atoms with Gasteiger partial charge in [0.05, 0.1) is 16.6 Å². The zero-order valence-corrected chi connectivity index (χ0v) is 14.7. The van der Waals surface area contributed by atoms with Crippen molar-refractivity contribution < 1.29 is 14.7 Å². The molecule has 0 unspecified atom stereocenters. The van der Waals surface area contributed by atoms with E-state index in [2.05, 4.69) is 0 Å². The molecule has 0 aliphatic carbocycles. The van der Waals surface area contributed by atoms with E-state index in [1.807, 2.05) is 0 Å². The Morgan fingerprint density at radius 3 is 2.65 bits per heavy atom. The molecule has 1 aromatic carbocycles. The lowest BCUT2D eigenvalue weighted by Crippen LogP contribution is -2.58. The van der Waals surface area contributed by atoms with Crippen molar-refractivity contribution in [3.8, 4) is 0 Å². The van der Waals surface area contributed by atoms with E-state index in [0.717, 1.165) is 5.56 Å². The molecule has 1 atom stereocenters. The molecule has 7 heteroatoms. The summed E-state index contributed by atoms with van der Waals surface area (Å²) in [4.78, 5) is 27.1. The van der Waals surface area contributed by atoms with E-state index in [1.54, 1.807) is 25.2 Å². The zero-order valence-electron chi connectivity index (χ0n) is 13.2. The van der Waals surface area contributed by atoms with Gasteiger partial charge in [0.2, 0.25) is 5.91 Å². The van der Waals surface area contributed by atoms with Crippen LogP contribution in [0.1, 0.15) is 25.3 Å². The standard InChI is InChI=1S/C16H20Cl2N2O3/c1-11(21)20-7-3-6-16(23,10-20)15(22)19(2)9-12-4-5-13(17)14(18)8-12/h4-5,8,23H,3,6-7,9-10H2,1-2H3/t16-/m1/s1. The van der Waals surface area contributed by atoms with Crippen LogP contribution >= 0.6 is 23.2 Å². The normalized spacial score (nSPS) is 21.2. The number of hydrogen-bond acceptors (Lipinski definition) is 3. The third kappa shape index (κ3) is 4.16. The minimum Gasteiger partial charge on any atom is -0.378 e. The van der Waals surface area contributed by atoms with Crippen LogP contribution in [0.5, 0.6) is 0 Å². The average Bonchev–Trinajstić information content (AvgIpc) is 2.50. The maximum Gasteiger partial charge on any atom is 0.256 e. The molecule has 0 radical (unpaired) electrons. The highest BCUT2D eigenvalue weighted by Crippen LogP contribution is 2.26. The number of likely N-dealkylation sites (tertiary alicyclic amines) is 1. The first-order valence-corrected chi connectivity index (χ1v) is 8.16. The van der Waals surface area contributed by atoms with E-state index in [0.29, 0.717) is 36.0 Å². The molecule has 2 amide bonds. The Hall–Kier alpha value is -1.30. The van der Waals surface area contributed by atoms with Crippen molar-refractivity contribution in [2.75, 3.05) is 20.1 Å². The van der Waals surface area contributed by atoms with Crippen LogP contribution in [-0.2, 0) is 16.1 Å². The minimum atomic E-state index is -1.53. The van der Waals surface area contributed by atoms with Crippen LogP contribution in [0.3, 0.4) is 0 Å². The number of piperidine rings is 1. The molecule has 0 bridgehead atoms. The van der Waals surface area contributed by atoms with Crippen LogP contribution in [0.2, 0.25) is 10.0 Å². The summed E-state index contributed by atoms with van der Waals surface area (Å²) in [5.41, 5.74) is -0.715. The summed E-state index contributed by atoms with van der Waals surface area (Å²) in [7, 11) is 1.62. The molecule has 1 aromatic rings. The van der Waals surface area contributed by atoms with Crippen LogP contribution in [-0.4, -0.2) is 52.5 Å². The molecular formula is C16H20Cl2N2O3. The molecule has 0 saturated carbocycles. The number of amides is 2. The second-order valence-corrected chi connectivity index (χ2v) is 6.80. The molecule has 1 aliphatic rings. The highest BCUT2D eigenvalue weighted by atomic mass is 35.5. The van der Waals surface area contributed by atoms with E-state index < -0.39 is 11.5 Å². The Balaban J connectivity index is 2.08. The first-order valence-electron chi connectivity index (χ1n) is 7.40. The fourth-order valence-corrected chi connectivity index (χ4v) is 3.14.